The molecule has 1 aromatic carbocycles. The molecule has 0 aliphatic heterocycles. The zero-order valence-corrected chi connectivity index (χ0v) is 12.0. The fourth-order valence-corrected chi connectivity index (χ4v) is 1.79. The van der Waals surface area contributed by atoms with Crippen molar-refractivity contribution in [1.82, 2.24) is 4.90 Å². The Morgan fingerprint density at radius 1 is 1.32 bits per heavy atom. The van der Waals surface area contributed by atoms with E-state index < -0.39 is 40.6 Å². The van der Waals surface area contributed by atoms with Crippen LogP contribution in [-0.2, 0) is 11.0 Å². The highest BCUT2D eigenvalue weighted by atomic mass is 19.4. The molecule has 0 unspecified atom stereocenters. The molecule has 0 aliphatic rings. The summed E-state index contributed by atoms with van der Waals surface area (Å²) in [6.45, 7) is 3.71. The lowest BCUT2D eigenvalue weighted by atomic mass is 10.1. The van der Waals surface area contributed by atoms with Crippen LogP contribution >= 0.6 is 0 Å². The third-order valence-electron chi connectivity index (χ3n) is 2.95. The highest BCUT2D eigenvalue weighted by Crippen LogP contribution is 2.38. The number of amides is 1. The van der Waals surface area contributed by atoms with Crippen molar-refractivity contribution in [3.63, 3.8) is 0 Å². The van der Waals surface area contributed by atoms with Crippen molar-refractivity contribution >= 4 is 11.6 Å². The van der Waals surface area contributed by atoms with Gasteiger partial charge in [0.25, 0.3) is 11.6 Å². The summed E-state index contributed by atoms with van der Waals surface area (Å²) in [7, 11) is 0. The largest absolute Gasteiger partial charge is 0.483 e. The number of benzene rings is 1. The second-order valence-corrected chi connectivity index (χ2v) is 4.29. The average molecular weight is 320 g/mol. The van der Waals surface area contributed by atoms with Gasteiger partial charge in [0.2, 0.25) is 0 Å². The number of carbonyl (C=O) groups excluding carboxylic acids is 1. The number of nitro benzene ring substituents is 1. The Hall–Kier alpha value is -2.32. The van der Waals surface area contributed by atoms with Gasteiger partial charge >= 0.3 is 6.18 Å². The van der Waals surface area contributed by atoms with Crippen LogP contribution in [0.1, 0.15) is 19.4 Å². The molecule has 0 radical (unpaired) electrons. The van der Waals surface area contributed by atoms with E-state index in [0.717, 1.165) is 12.1 Å². The van der Waals surface area contributed by atoms with Gasteiger partial charge in [0.1, 0.15) is 11.3 Å². The summed E-state index contributed by atoms with van der Waals surface area (Å²) >= 11 is 0. The van der Waals surface area contributed by atoms with Crippen molar-refractivity contribution < 1.29 is 27.6 Å². The Morgan fingerprint density at radius 3 is 2.36 bits per heavy atom. The number of non-ortho nitro benzene ring substituents is 1. The second kappa shape index (κ2) is 7.10. The quantitative estimate of drug-likeness (QED) is 0.597. The lowest BCUT2D eigenvalue weighted by Crippen LogP contribution is -2.34. The number of alkyl halides is 3. The second-order valence-electron chi connectivity index (χ2n) is 4.29. The molecule has 1 amide bonds. The smallest absolute Gasteiger partial charge is 0.420 e. The van der Waals surface area contributed by atoms with Crippen molar-refractivity contribution in [3.05, 3.63) is 33.9 Å². The zero-order chi connectivity index (χ0) is 16.9. The van der Waals surface area contributed by atoms with Crippen LogP contribution in [0.15, 0.2) is 18.2 Å². The number of nitrogens with zero attached hydrogens (tertiary/aromatic N) is 2. The van der Waals surface area contributed by atoms with Crippen LogP contribution in [0.4, 0.5) is 18.9 Å². The number of hydrogen-bond donors (Lipinski definition) is 0. The van der Waals surface area contributed by atoms with E-state index in [1.165, 1.54) is 4.90 Å². The molecule has 0 atom stereocenters. The molecule has 0 bridgehead atoms. The van der Waals surface area contributed by atoms with Crippen molar-refractivity contribution in [2.45, 2.75) is 20.0 Å². The maximum atomic E-state index is 12.9. The van der Waals surface area contributed by atoms with Crippen LogP contribution in [0.25, 0.3) is 0 Å². The molecule has 0 aromatic heterocycles. The van der Waals surface area contributed by atoms with Crippen LogP contribution in [0, 0.1) is 10.1 Å². The molecule has 0 heterocycles. The Morgan fingerprint density at radius 2 is 1.91 bits per heavy atom. The summed E-state index contributed by atoms with van der Waals surface area (Å²) in [5, 5.41) is 10.6. The fraction of sp³-hybridized carbons (Fsp3) is 0.462. The van der Waals surface area contributed by atoms with Gasteiger partial charge in [-0.3, -0.25) is 14.9 Å². The summed E-state index contributed by atoms with van der Waals surface area (Å²) in [5.74, 6) is -1.07. The van der Waals surface area contributed by atoms with Crippen LogP contribution in [0.3, 0.4) is 0 Å². The van der Waals surface area contributed by atoms with Gasteiger partial charge in [-0.15, -0.1) is 0 Å². The van der Waals surface area contributed by atoms with E-state index in [1.54, 1.807) is 13.8 Å². The van der Waals surface area contributed by atoms with Crippen LogP contribution in [0.2, 0.25) is 0 Å². The third-order valence-corrected chi connectivity index (χ3v) is 2.95. The van der Waals surface area contributed by atoms with Crippen molar-refractivity contribution in [3.8, 4) is 5.75 Å². The Bertz CT molecular complexity index is 557. The molecule has 0 spiro atoms. The number of rotatable bonds is 6. The molecule has 1 aromatic rings. The van der Waals surface area contributed by atoms with Crippen molar-refractivity contribution in [1.29, 1.82) is 0 Å². The predicted octanol–water partition coefficient (Wildman–Crippen LogP) is 2.86. The van der Waals surface area contributed by atoms with E-state index >= 15 is 0 Å². The molecule has 0 fully saturated rings. The molecule has 9 heteroatoms. The molecule has 0 aliphatic carbocycles. The van der Waals surface area contributed by atoms with Crippen molar-refractivity contribution in [2.75, 3.05) is 19.7 Å². The molecular formula is C13H15F3N2O4. The molecule has 1 rings (SSSR count). The van der Waals surface area contributed by atoms with E-state index in [4.69, 9.17) is 4.74 Å². The highest BCUT2D eigenvalue weighted by Gasteiger charge is 2.36. The minimum absolute atomic E-state index is 0.386. The van der Waals surface area contributed by atoms with Crippen LogP contribution in [-0.4, -0.2) is 35.4 Å². The first-order valence-electron chi connectivity index (χ1n) is 6.46. The van der Waals surface area contributed by atoms with Gasteiger partial charge in [-0.1, -0.05) is 0 Å². The zero-order valence-electron chi connectivity index (χ0n) is 12.0. The Labute approximate surface area is 124 Å². The molecule has 0 saturated carbocycles. The lowest BCUT2D eigenvalue weighted by Gasteiger charge is -2.19. The summed E-state index contributed by atoms with van der Waals surface area (Å²) in [6, 6.07) is 2.13. The Balaban J connectivity index is 3.00. The van der Waals surface area contributed by atoms with Gasteiger partial charge in [-0.2, -0.15) is 13.2 Å². The number of carbonyl (C=O) groups is 1. The maximum Gasteiger partial charge on any atom is 0.420 e. The monoisotopic (exact) mass is 320 g/mol. The van der Waals surface area contributed by atoms with Gasteiger partial charge in [-0.05, 0) is 19.9 Å². The highest BCUT2D eigenvalue weighted by molar-refractivity contribution is 5.77. The summed E-state index contributed by atoms with van der Waals surface area (Å²) in [4.78, 5) is 22.8. The van der Waals surface area contributed by atoms with Gasteiger partial charge in [0.05, 0.1) is 4.92 Å². The standard InChI is InChI=1S/C13H15F3N2O4/c1-3-17(4-2)12(19)8-22-11-6-5-9(18(20)21)7-10(11)13(14,15)16/h5-7H,3-4,8H2,1-2H3. The van der Waals surface area contributed by atoms with Crippen molar-refractivity contribution in [2.24, 2.45) is 0 Å². The number of nitro groups is 1. The van der Waals surface area contributed by atoms with E-state index in [0.29, 0.717) is 19.2 Å². The maximum absolute atomic E-state index is 12.9. The van der Waals surface area contributed by atoms with E-state index in [-0.39, 0.29) is 0 Å². The predicted molar refractivity (Wildman–Crippen MR) is 71.5 cm³/mol. The fourth-order valence-electron chi connectivity index (χ4n) is 1.79. The van der Waals surface area contributed by atoms with Gasteiger partial charge in [-0.25, -0.2) is 0 Å². The van der Waals surface area contributed by atoms with E-state index in [1.807, 2.05) is 0 Å². The van der Waals surface area contributed by atoms with Crippen LogP contribution < -0.4 is 4.74 Å². The molecule has 122 valence electrons. The lowest BCUT2D eigenvalue weighted by molar-refractivity contribution is -0.385. The Kier molecular flexibility index (Phi) is 5.72. The number of ether oxygens (including phenoxy) is 1. The summed E-state index contributed by atoms with van der Waals surface area (Å²) in [5.41, 5.74) is -1.98. The number of likely N-dealkylation sites (N-methyl/N-ethyl adjacent to an activating group) is 1. The topological polar surface area (TPSA) is 72.7 Å². The molecular weight excluding hydrogens is 305 g/mol. The van der Waals surface area contributed by atoms with Gasteiger partial charge < -0.3 is 9.64 Å². The van der Waals surface area contributed by atoms with E-state index in [2.05, 4.69) is 0 Å². The SMILES string of the molecule is CCN(CC)C(=O)COc1ccc([N+](=O)[O-])cc1C(F)(F)F. The molecule has 22 heavy (non-hydrogen) atoms. The minimum atomic E-state index is -4.82. The van der Waals surface area contributed by atoms with Gasteiger partial charge in [0, 0.05) is 25.2 Å². The number of halogens is 3. The summed E-state index contributed by atoms with van der Waals surface area (Å²) in [6.07, 6.45) is -4.82. The minimum Gasteiger partial charge on any atom is -0.483 e. The average Bonchev–Trinajstić information content (AvgIpc) is 2.45. The molecule has 0 saturated heterocycles. The summed E-state index contributed by atoms with van der Waals surface area (Å²) < 4.78 is 43.6. The molecule has 0 N–H and O–H groups in total. The van der Waals surface area contributed by atoms with Gasteiger partial charge in [0.15, 0.2) is 6.61 Å². The van der Waals surface area contributed by atoms with Crippen LogP contribution in [0.5, 0.6) is 5.75 Å². The number of hydrogen-bond acceptors (Lipinski definition) is 4. The van der Waals surface area contributed by atoms with E-state index in [9.17, 15) is 28.1 Å². The normalized spacial score (nSPS) is 11.1. The third kappa shape index (κ3) is 4.34. The first-order chi connectivity index (χ1) is 10.2. The first-order valence-corrected chi connectivity index (χ1v) is 6.46. The molecule has 6 nitrogen and oxygen atoms in total. The first kappa shape index (κ1) is 17.7.